The van der Waals surface area contributed by atoms with Gasteiger partial charge in [-0.2, -0.15) is 0 Å². The number of aliphatic hydroxyl groups excluding tert-OH is 1. The predicted octanol–water partition coefficient (Wildman–Crippen LogP) is 3.86. The highest BCUT2D eigenvalue weighted by Gasteiger charge is 2.47. The number of benzene rings is 1. The Morgan fingerprint density at radius 3 is 2.44 bits per heavy atom. The Hall–Kier alpha value is -0.755. The molecule has 1 nitrogen and oxygen atoms in total. The summed E-state index contributed by atoms with van der Waals surface area (Å²) in [7, 11) is 2.48. The molecule has 2 heteroatoms. The average molecular weight is 243 g/mol. The Balaban J connectivity index is 2.30. The monoisotopic (exact) mass is 243 g/mol. The molecule has 0 saturated carbocycles. The van der Waals surface area contributed by atoms with Crippen LogP contribution in [0.15, 0.2) is 18.2 Å². The molecule has 0 bridgehead atoms. The van der Waals surface area contributed by atoms with Gasteiger partial charge < -0.3 is 5.11 Å². The minimum Gasteiger partial charge on any atom is -0.392 e. The van der Waals surface area contributed by atoms with Crippen LogP contribution in [0.1, 0.15) is 56.6 Å². The fourth-order valence-corrected chi connectivity index (χ4v) is 2.91. The first-order valence-electron chi connectivity index (χ1n) is 6.83. The third-order valence-corrected chi connectivity index (χ3v) is 5.06. The third-order valence-electron chi connectivity index (χ3n) is 5.06. The smallest absolute Gasteiger partial charge is 0.127 e. The van der Waals surface area contributed by atoms with Crippen molar-refractivity contribution in [2.45, 2.75) is 58.8 Å². The molecule has 1 N–H and O–H groups in total. The molecule has 2 rings (SSSR count). The maximum Gasteiger partial charge on any atom is 0.127 e. The van der Waals surface area contributed by atoms with Gasteiger partial charge in [0, 0.05) is 0 Å². The summed E-state index contributed by atoms with van der Waals surface area (Å²) in [6.45, 7) is 11.6. The van der Waals surface area contributed by atoms with Crippen LogP contribution in [0.4, 0.5) is 0 Å². The van der Waals surface area contributed by atoms with Crippen molar-refractivity contribution in [3.63, 3.8) is 0 Å². The number of rotatable bonds is 2. The van der Waals surface area contributed by atoms with E-state index in [0.717, 1.165) is 5.56 Å². The van der Waals surface area contributed by atoms with Gasteiger partial charge in [-0.15, -0.1) is 0 Å². The van der Waals surface area contributed by atoms with Crippen molar-refractivity contribution < 1.29 is 5.11 Å². The van der Waals surface area contributed by atoms with Crippen LogP contribution in [-0.2, 0) is 6.61 Å². The summed E-state index contributed by atoms with van der Waals surface area (Å²) in [5.74, 6) is 0.515. The Labute approximate surface area is 112 Å². The van der Waals surface area contributed by atoms with Gasteiger partial charge in [-0.25, -0.2) is 0 Å². The molecule has 0 amide bonds. The van der Waals surface area contributed by atoms with Crippen molar-refractivity contribution >= 4 is 7.28 Å². The van der Waals surface area contributed by atoms with Gasteiger partial charge in [0.2, 0.25) is 0 Å². The van der Waals surface area contributed by atoms with Crippen LogP contribution in [0.2, 0.25) is 5.31 Å². The Morgan fingerprint density at radius 1 is 1.28 bits per heavy atom. The van der Waals surface area contributed by atoms with Crippen molar-refractivity contribution in [3.8, 4) is 0 Å². The fourth-order valence-electron chi connectivity index (χ4n) is 2.91. The highest BCUT2D eigenvalue weighted by Crippen LogP contribution is 2.57. The molecule has 1 aromatic carbocycles. The van der Waals surface area contributed by atoms with Crippen molar-refractivity contribution in [2.75, 3.05) is 0 Å². The molecular weight excluding hydrogens is 219 g/mol. The topological polar surface area (TPSA) is 20.2 Å². The molecule has 1 aliphatic rings. The largest absolute Gasteiger partial charge is 0.392 e. The van der Waals surface area contributed by atoms with E-state index in [2.05, 4.69) is 60.1 Å². The van der Waals surface area contributed by atoms with Gasteiger partial charge in [-0.05, 0) is 35.7 Å². The number of aliphatic hydroxyl groups is 1. The summed E-state index contributed by atoms with van der Waals surface area (Å²) >= 11 is 0. The zero-order chi connectivity index (χ0) is 13.6. The van der Waals surface area contributed by atoms with Crippen LogP contribution in [0.5, 0.6) is 0 Å². The maximum absolute atomic E-state index is 9.38. The minimum absolute atomic E-state index is 0.138. The summed E-state index contributed by atoms with van der Waals surface area (Å²) < 4.78 is 0. The summed E-state index contributed by atoms with van der Waals surface area (Å²) in [5, 5.41) is 9.65. The van der Waals surface area contributed by atoms with E-state index in [-0.39, 0.29) is 11.9 Å². The fraction of sp³-hybridized carbons (Fsp3) is 0.625. The Kier molecular flexibility index (Phi) is 3.35. The lowest BCUT2D eigenvalue weighted by Gasteiger charge is -2.34. The average Bonchev–Trinajstić information content (AvgIpc) is 2.49. The van der Waals surface area contributed by atoms with Gasteiger partial charge in [-0.3, -0.25) is 0 Å². The molecule has 1 radical (unpaired) electrons. The van der Waals surface area contributed by atoms with Gasteiger partial charge in [0.1, 0.15) is 7.28 Å². The Morgan fingerprint density at radius 2 is 1.94 bits per heavy atom. The van der Waals surface area contributed by atoms with Gasteiger partial charge >= 0.3 is 0 Å². The quantitative estimate of drug-likeness (QED) is 0.782. The van der Waals surface area contributed by atoms with E-state index in [1.807, 2.05) is 0 Å². The molecule has 1 atom stereocenters. The Bertz CT molecular complexity index is 432. The summed E-state index contributed by atoms with van der Waals surface area (Å²) in [6.07, 6.45) is 1.19. The molecule has 0 aromatic heterocycles. The molecule has 1 aromatic rings. The maximum atomic E-state index is 9.38. The van der Waals surface area contributed by atoms with Crippen LogP contribution in [-0.4, -0.2) is 12.4 Å². The zero-order valence-corrected chi connectivity index (χ0v) is 12.2. The second-order valence-corrected chi connectivity index (χ2v) is 6.93. The molecule has 0 aliphatic carbocycles. The lowest BCUT2D eigenvalue weighted by molar-refractivity contribution is 0.271. The summed E-state index contributed by atoms with van der Waals surface area (Å²) in [4.78, 5) is 0. The van der Waals surface area contributed by atoms with E-state index in [9.17, 15) is 5.11 Å². The van der Waals surface area contributed by atoms with Gasteiger partial charge in [-0.1, -0.05) is 56.8 Å². The molecule has 1 saturated heterocycles. The molecule has 0 spiro atoms. The summed E-state index contributed by atoms with van der Waals surface area (Å²) in [6, 6.07) is 6.52. The van der Waals surface area contributed by atoms with E-state index >= 15 is 0 Å². The van der Waals surface area contributed by atoms with E-state index in [4.69, 9.17) is 0 Å². The van der Waals surface area contributed by atoms with Crippen LogP contribution in [0.3, 0.4) is 0 Å². The molecule has 1 fully saturated rings. The number of hydrogen-bond donors (Lipinski definition) is 1. The predicted molar refractivity (Wildman–Crippen MR) is 78.0 cm³/mol. The van der Waals surface area contributed by atoms with E-state index in [1.54, 1.807) is 0 Å². The molecular formula is C16H24BO. The molecule has 1 aliphatic heterocycles. The number of aryl methyl sites for hydroxylation is 1. The van der Waals surface area contributed by atoms with Gasteiger partial charge in [0.15, 0.2) is 0 Å². The van der Waals surface area contributed by atoms with Crippen LogP contribution in [0.25, 0.3) is 0 Å². The molecule has 1 unspecified atom stereocenters. The molecule has 18 heavy (non-hydrogen) atoms. The zero-order valence-electron chi connectivity index (χ0n) is 12.2. The first kappa shape index (κ1) is 13.7. The van der Waals surface area contributed by atoms with Crippen molar-refractivity contribution in [3.05, 3.63) is 34.9 Å². The van der Waals surface area contributed by atoms with Crippen molar-refractivity contribution in [1.82, 2.24) is 0 Å². The first-order chi connectivity index (χ1) is 8.27. The molecule has 1 heterocycles. The van der Waals surface area contributed by atoms with Crippen molar-refractivity contribution in [1.29, 1.82) is 0 Å². The van der Waals surface area contributed by atoms with Gasteiger partial charge in [0.05, 0.1) is 6.61 Å². The number of hydrogen-bond acceptors (Lipinski definition) is 1. The van der Waals surface area contributed by atoms with E-state index in [0.29, 0.717) is 11.2 Å². The summed E-state index contributed by atoms with van der Waals surface area (Å²) in [5.41, 5.74) is 3.92. The van der Waals surface area contributed by atoms with Gasteiger partial charge in [0.25, 0.3) is 0 Å². The first-order valence-corrected chi connectivity index (χ1v) is 6.83. The highest BCUT2D eigenvalue weighted by molar-refractivity contribution is 6.43. The van der Waals surface area contributed by atoms with Crippen LogP contribution in [0, 0.1) is 12.3 Å². The normalized spacial score (nSPS) is 24.9. The second kappa shape index (κ2) is 4.41. The van der Waals surface area contributed by atoms with E-state index < -0.39 is 0 Å². The third kappa shape index (κ3) is 2.23. The van der Waals surface area contributed by atoms with Crippen LogP contribution >= 0.6 is 0 Å². The second-order valence-electron chi connectivity index (χ2n) is 6.93. The lowest BCUT2D eigenvalue weighted by Crippen LogP contribution is -2.23. The van der Waals surface area contributed by atoms with Crippen molar-refractivity contribution in [2.24, 2.45) is 5.41 Å². The highest BCUT2D eigenvalue weighted by atomic mass is 16.3. The minimum atomic E-state index is 0.138. The molecule has 97 valence electrons. The van der Waals surface area contributed by atoms with Crippen LogP contribution < -0.4 is 0 Å². The SMILES string of the molecule is Cc1ccc(C2[B]C(C)(C)C(C)(C)C2)cc1CO. The lowest BCUT2D eigenvalue weighted by atomic mass is 9.47. The standard InChI is InChI=1S/C16H24BO/c1-11-6-7-12(8-13(11)10-18)14-9-15(2,3)16(4,5)17-14/h6-8,14,18H,9-10H2,1-5H3. The van der Waals surface area contributed by atoms with E-state index in [1.165, 1.54) is 17.5 Å².